The van der Waals surface area contributed by atoms with Crippen LogP contribution in [0.2, 0.25) is 0 Å². The number of anilines is 1. The Bertz CT molecular complexity index is 542. The number of hydrogen-bond acceptors (Lipinski definition) is 4. The van der Waals surface area contributed by atoms with Crippen LogP contribution in [0.15, 0.2) is 30.5 Å². The van der Waals surface area contributed by atoms with E-state index in [9.17, 15) is 5.11 Å². The molecule has 19 heavy (non-hydrogen) atoms. The first kappa shape index (κ1) is 13.6. The van der Waals surface area contributed by atoms with E-state index in [0.29, 0.717) is 6.54 Å². The summed E-state index contributed by atoms with van der Waals surface area (Å²) >= 11 is 0. The molecule has 0 fully saturated rings. The van der Waals surface area contributed by atoms with Crippen LogP contribution in [-0.4, -0.2) is 29.7 Å². The minimum atomic E-state index is 0.268. The van der Waals surface area contributed by atoms with Gasteiger partial charge in [0.2, 0.25) is 0 Å². The predicted octanol–water partition coefficient (Wildman–Crippen LogP) is 2.51. The van der Waals surface area contributed by atoms with Crippen molar-refractivity contribution in [2.24, 2.45) is 5.73 Å². The number of hydrogen-bond donors (Lipinski definition) is 2. The molecule has 4 nitrogen and oxygen atoms in total. The first-order valence-electron chi connectivity index (χ1n) is 6.79. The molecule has 0 saturated carbocycles. The molecular formula is C15H21N3O. The number of phenolic OH excluding ortho intramolecular Hbond substituents is 1. The van der Waals surface area contributed by atoms with E-state index >= 15 is 0 Å². The van der Waals surface area contributed by atoms with Crippen LogP contribution < -0.4 is 10.6 Å². The minimum absolute atomic E-state index is 0.268. The lowest BCUT2D eigenvalue weighted by molar-refractivity contribution is 0.476. The van der Waals surface area contributed by atoms with Gasteiger partial charge in [-0.05, 0) is 30.0 Å². The minimum Gasteiger partial charge on any atom is -0.508 e. The van der Waals surface area contributed by atoms with Crippen LogP contribution in [0.4, 0.5) is 5.82 Å². The van der Waals surface area contributed by atoms with Gasteiger partial charge in [-0.2, -0.15) is 0 Å². The van der Waals surface area contributed by atoms with Crippen molar-refractivity contribution in [2.75, 3.05) is 24.5 Å². The molecule has 0 aliphatic rings. The van der Waals surface area contributed by atoms with Gasteiger partial charge >= 0.3 is 0 Å². The number of nitrogens with zero attached hydrogens (tertiary/aromatic N) is 2. The lowest BCUT2D eigenvalue weighted by atomic mass is 10.1. The van der Waals surface area contributed by atoms with Crippen molar-refractivity contribution in [3.05, 3.63) is 30.5 Å². The van der Waals surface area contributed by atoms with E-state index in [-0.39, 0.29) is 5.75 Å². The average Bonchev–Trinajstić information content (AvgIpc) is 2.43. The highest BCUT2D eigenvalue weighted by Crippen LogP contribution is 2.27. The number of nitrogens with two attached hydrogens (primary N) is 1. The maximum Gasteiger partial charge on any atom is 0.136 e. The summed E-state index contributed by atoms with van der Waals surface area (Å²) in [6.45, 7) is 4.49. The Morgan fingerprint density at radius 1 is 1.26 bits per heavy atom. The number of phenols is 1. The van der Waals surface area contributed by atoms with Crippen LogP contribution in [0.25, 0.3) is 10.8 Å². The maximum absolute atomic E-state index is 9.67. The first-order chi connectivity index (χ1) is 9.26. The molecule has 0 aliphatic heterocycles. The van der Waals surface area contributed by atoms with Gasteiger partial charge < -0.3 is 15.7 Å². The van der Waals surface area contributed by atoms with Gasteiger partial charge in [-0.3, -0.25) is 0 Å². The summed E-state index contributed by atoms with van der Waals surface area (Å²) in [6, 6.07) is 7.34. The second-order valence-electron chi connectivity index (χ2n) is 4.67. The molecule has 0 spiro atoms. The highest BCUT2D eigenvalue weighted by molar-refractivity contribution is 5.93. The average molecular weight is 259 g/mol. The Hall–Kier alpha value is -1.81. The fraction of sp³-hybridized carbons (Fsp3) is 0.400. The summed E-state index contributed by atoms with van der Waals surface area (Å²) in [4.78, 5) is 6.68. The fourth-order valence-corrected chi connectivity index (χ4v) is 2.22. The topological polar surface area (TPSA) is 62.4 Å². The van der Waals surface area contributed by atoms with Gasteiger partial charge in [-0.15, -0.1) is 0 Å². The Morgan fingerprint density at radius 3 is 2.84 bits per heavy atom. The van der Waals surface area contributed by atoms with E-state index in [1.54, 1.807) is 12.1 Å². The van der Waals surface area contributed by atoms with Crippen molar-refractivity contribution >= 4 is 16.6 Å². The molecule has 0 atom stereocenters. The molecule has 1 heterocycles. The standard InChI is InChI=1S/C15H21N3O/c1-2-3-9-18(10-7-16)15-14-11-13(19)5-4-12(14)6-8-17-15/h4-6,8,11,19H,2-3,7,9-10,16H2,1H3. The number of aromatic hydroxyl groups is 1. The Morgan fingerprint density at radius 2 is 2.11 bits per heavy atom. The molecule has 0 amide bonds. The quantitative estimate of drug-likeness (QED) is 0.836. The second-order valence-corrected chi connectivity index (χ2v) is 4.67. The zero-order valence-electron chi connectivity index (χ0n) is 11.3. The summed E-state index contributed by atoms with van der Waals surface area (Å²) < 4.78 is 0. The monoisotopic (exact) mass is 259 g/mol. The van der Waals surface area contributed by atoms with Crippen molar-refractivity contribution in [1.29, 1.82) is 0 Å². The molecular weight excluding hydrogens is 238 g/mol. The van der Waals surface area contributed by atoms with Gasteiger partial charge in [0.25, 0.3) is 0 Å². The molecule has 3 N–H and O–H groups in total. The number of rotatable bonds is 6. The first-order valence-corrected chi connectivity index (χ1v) is 6.79. The second kappa shape index (κ2) is 6.38. The summed E-state index contributed by atoms with van der Waals surface area (Å²) in [7, 11) is 0. The molecule has 2 aromatic rings. The Labute approximate surface area is 113 Å². The molecule has 4 heteroatoms. The van der Waals surface area contributed by atoms with Crippen LogP contribution in [-0.2, 0) is 0 Å². The van der Waals surface area contributed by atoms with Gasteiger partial charge in [0.15, 0.2) is 0 Å². The maximum atomic E-state index is 9.67. The van der Waals surface area contributed by atoms with Gasteiger partial charge in [0.05, 0.1) is 0 Å². The smallest absolute Gasteiger partial charge is 0.136 e. The van der Waals surface area contributed by atoms with Crippen molar-refractivity contribution in [3.8, 4) is 5.75 Å². The van der Waals surface area contributed by atoms with Gasteiger partial charge in [0.1, 0.15) is 11.6 Å². The van der Waals surface area contributed by atoms with E-state index < -0.39 is 0 Å². The van der Waals surface area contributed by atoms with Crippen LogP contribution in [0, 0.1) is 0 Å². The molecule has 0 saturated heterocycles. The molecule has 0 unspecified atom stereocenters. The largest absolute Gasteiger partial charge is 0.508 e. The molecule has 1 aromatic heterocycles. The van der Waals surface area contributed by atoms with E-state index in [2.05, 4.69) is 16.8 Å². The van der Waals surface area contributed by atoms with Gasteiger partial charge in [0, 0.05) is 31.2 Å². The lowest BCUT2D eigenvalue weighted by Gasteiger charge is -2.24. The SMILES string of the molecule is CCCCN(CCN)c1nccc2ccc(O)cc12. The van der Waals surface area contributed by atoms with E-state index in [1.165, 1.54) is 0 Å². The van der Waals surface area contributed by atoms with E-state index in [1.807, 2.05) is 18.3 Å². The van der Waals surface area contributed by atoms with Crippen LogP contribution in [0.3, 0.4) is 0 Å². The summed E-state index contributed by atoms with van der Waals surface area (Å²) in [5.74, 6) is 1.18. The number of pyridine rings is 1. The van der Waals surface area contributed by atoms with Crippen LogP contribution in [0.5, 0.6) is 5.75 Å². The van der Waals surface area contributed by atoms with Gasteiger partial charge in [-0.1, -0.05) is 19.4 Å². The van der Waals surface area contributed by atoms with Crippen LogP contribution in [0.1, 0.15) is 19.8 Å². The zero-order valence-corrected chi connectivity index (χ0v) is 11.3. The normalized spacial score (nSPS) is 10.8. The third-order valence-electron chi connectivity index (χ3n) is 3.21. The van der Waals surface area contributed by atoms with Crippen molar-refractivity contribution in [3.63, 3.8) is 0 Å². The van der Waals surface area contributed by atoms with E-state index in [4.69, 9.17) is 5.73 Å². The summed E-state index contributed by atoms with van der Waals surface area (Å²) in [6.07, 6.45) is 4.05. The zero-order chi connectivity index (χ0) is 13.7. The van der Waals surface area contributed by atoms with Crippen molar-refractivity contribution in [1.82, 2.24) is 4.98 Å². The molecule has 2 rings (SSSR count). The fourth-order valence-electron chi connectivity index (χ4n) is 2.22. The Kier molecular flexibility index (Phi) is 4.58. The third-order valence-corrected chi connectivity index (χ3v) is 3.21. The van der Waals surface area contributed by atoms with Gasteiger partial charge in [-0.25, -0.2) is 4.98 Å². The summed E-state index contributed by atoms with van der Waals surface area (Å²) in [5.41, 5.74) is 5.69. The molecule has 1 aromatic carbocycles. The molecule has 102 valence electrons. The lowest BCUT2D eigenvalue weighted by Crippen LogP contribution is -2.31. The number of benzene rings is 1. The Balaban J connectivity index is 2.42. The number of fused-ring (bicyclic) bond motifs is 1. The third kappa shape index (κ3) is 3.15. The molecule has 0 bridgehead atoms. The van der Waals surface area contributed by atoms with E-state index in [0.717, 1.165) is 42.5 Å². The number of unbranched alkanes of at least 4 members (excludes halogenated alkanes) is 1. The molecule has 0 radical (unpaired) electrons. The predicted molar refractivity (Wildman–Crippen MR) is 79.6 cm³/mol. The number of aromatic nitrogens is 1. The van der Waals surface area contributed by atoms with Crippen molar-refractivity contribution < 1.29 is 5.11 Å². The van der Waals surface area contributed by atoms with Crippen LogP contribution >= 0.6 is 0 Å². The van der Waals surface area contributed by atoms with Crippen molar-refractivity contribution in [2.45, 2.75) is 19.8 Å². The summed E-state index contributed by atoms with van der Waals surface area (Å²) in [5, 5.41) is 11.7. The highest BCUT2D eigenvalue weighted by Gasteiger charge is 2.11. The molecule has 0 aliphatic carbocycles. The highest BCUT2D eigenvalue weighted by atomic mass is 16.3.